The molecule has 1 amide bonds. The van der Waals surface area contributed by atoms with Crippen LogP contribution in [0.1, 0.15) is 30.9 Å². The van der Waals surface area contributed by atoms with E-state index in [0.29, 0.717) is 32.5 Å². The zero-order chi connectivity index (χ0) is 27.1. The highest BCUT2D eigenvalue weighted by atomic mass is 32.2. The molecule has 0 radical (unpaired) electrons. The van der Waals surface area contributed by atoms with E-state index in [1.54, 1.807) is 7.11 Å². The summed E-state index contributed by atoms with van der Waals surface area (Å²) in [6.45, 7) is 3.59. The standard InChI is InChI=1S/C27H41N3O6S/c1-4-14-30(15-16-35-2)37(33,34)17-13-27(32)29-25(19-22-9-6-5-7-10-22)26(31)21-28-20-23-11-8-12-24(18-23)36-3/h5-12,18,25-26,28,31H,4,13-17,19-21H2,1-3H3,(H,29,32)/t25-,26+/m0/s1. The molecule has 2 atom stereocenters. The molecular weight excluding hydrogens is 494 g/mol. The molecule has 0 saturated heterocycles. The van der Waals surface area contributed by atoms with Gasteiger partial charge in [-0.25, -0.2) is 8.42 Å². The number of nitrogens with zero attached hydrogens (tertiary/aromatic N) is 1. The van der Waals surface area contributed by atoms with E-state index in [9.17, 15) is 18.3 Å². The van der Waals surface area contributed by atoms with Crippen LogP contribution >= 0.6 is 0 Å². The molecule has 0 aromatic heterocycles. The number of hydrogen-bond acceptors (Lipinski definition) is 7. The van der Waals surface area contributed by atoms with Crippen molar-refractivity contribution in [1.29, 1.82) is 0 Å². The Balaban J connectivity index is 1.99. The summed E-state index contributed by atoms with van der Waals surface area (Å²) in [5, 5.41) is 17.0. The second-order valence-corrected chi connectivity index (χ2v) is 11.0. The highest BCUT2D eigenvalue weighted by Gasteiger charge is 2.25. The topological polar surface area (TPSA) is 117 Å². The summed E-state index contributed by atoms with van der Waals surface area (Å²) >= 11 is 0. The number of aliphatic hydroxyl groups excluding tert-OH is 1. The van der Waals surface area contributed by atoms with Crippen molar-refractivity contribution in [2.45, 2.75) is 44.9 Å². The summed E-state index contributed by atoms with van der Waals surface area (Å²) in [6, 6.07) is 16.6. The largest absolute Gasteiger partial charge is 0.497 e. The summed E-state index contributed by atoms with van der Waals surface area (Å²) in [6.07, 6.45) is 0.00944. The lowest BCUT2D eigenvalue weighted by Gasteiger charge is -2.25. The Kier molecular flexibility index (Phi) is 13.6. The molecule has 0 unspecified atom stereocenters. The second kappa shape index (κ2) is 16.4. The van der Waals surface area contributed by atoms with Crippen LogP contribution in [0.25, 0.3) is 0 Å². The predicted molar refractivity (Wildman–Crippen MR) is 145 cm³/mol. The number of carbonyl (C=O) groups excluding carboxylic acids is 1. The molecule has 10 heteroatoms. The number of methoxy groups -OCH3 is 2. The van der Waals surface area contributed by atoms with Gasteiger partial charge >= 0.3 is 0 Å². The summed E-state index contributed by atoms with van der Waals surface area (Å²) in [5.41, 5.74) is 1.96. The molecule has 0 fully saturated rings. The van der Waals surface area contributed by atoms with Gasteiger partial charge in [-0.05, 0) is 36.1 Å². The van der Waals surface area contributed by atoms with Gasteiger partial charge in [0, 0.05) is 39.7 Å². The molecule has 0 spiro atoms. The van der Waals surface area contributed by atoms with Crippen LogP contribution in [-0.2, 0) is 32.5 Å². The van der Waals surface area contributed by atoms with Gasteiger partial charge in [0.1, 0.15) is 5.75 Å². The molecule has 37 heavy (non-hydrogen) atoms. The summed E-state index contributed by atoms with van der Waals surface area (Å²) < 4.78 is 37.2. The third-order valence-electron chi connectivity index (χ3n) is 5.92. The first-order chi connectivity index (χ1) is 17.8. The lowest BCUT2D eigenvalue weighted by atomic mass is 10.0. The third kappa shape index (κ3) is 11.2. The van der Waals surface area contributed by atoms with E-state index < -0.39 is 28.1 Å². The van der Waals surface area contributed by atoms with E-state index in [4.69, 9.17) is 9.47 Å². The second-order valence-electron chi connectivity index (χ2n) is 8.87. The molecule has 0 bridgehead atoms. The van der Waals surface area contributed by atoms with Gasteiger partial charge in [-0.3, -0.25) is 4.79 Å². The number of aliphatic hydroxyl groups is 1. The van der Waals surface area contributed by atoms with E-state index in [-0.39, 0.29) is 25.3 Å². The van der Waals surface area contributed by atoms with Gasteiger partial charge in [-0.2, -0.15) is 4.31 Å². The van der Waals surface area contributed by atoms with Crippen molar-refractivity contribution in [3.63, 3.8) is 0 Å². The van der Waals surface area contributed by atoms with Crippen LogP contribution in [-0.4, -0.2) is 82.1 Å². The number of carbonyl (C=O) groups is 1. The maximum atomic E-state index is 12.8. The van der Waals surface area contributed by atoms with Crippen LogP contribution in [0.15, 0.2) is 54.6 Å². The minimum Gasteiger partial charge on any atom is -0.497 e. The van der Waals surface area contributed by atoms with Gasteiger partial charge in [0.15, 0.2) is 0 Å². The van der Waals surface area contributed by atoms with Gasteiger partial charge in [0.25, 0.3) is 0 Å². The number of amides is 1. The minimum absolute atomic E-state index is 0.190. The Morgan fingerprint density at radius 1 is 1.05 bits per heavy atom. The summed E-state index contributed by atoms with van der Waals surface area (Å²) in [5.74, 6) is 0.0356. The molecule has 0 heterocycles. The molecule has 0 aliphatic rings. The maximum absolute atomic E-state index is 12.8. The third-order valence-corrected chi connectivity index (χ3v) is 7.80. The first-order valence-electron chi connectivity index (χ1n) is 12.6. The Hall–Kier alpha value is -2.50. The van der Waals surface area contributed by atoms with Gasteiger partial charge < -0.3 is 25.2 Å². The number of sulfonamides is 1. The molecular formula is C27H41N3O6S. The van der Waals surface area contributed by atoms with Crippen molar-refractivity contribution in [3.8, 4) is 5.75 Å². The Morgan fingerprint density at radius 2 is 1.78 bits per heavy atom. The Labute approximate surface area is 221 Å². The minimum atomic E-state index is -3.61. The van der Waals surface area contributed by atoms with Crippen LogP contribution in [0, 0.1) is 0 Å². The zero-order valence-electron chi connectivity index (χ0n) is 22.1. The normalized spacial score (nSPS) is 13.3. The van der Waals surface area contributed by atoms with E-state index in [0.717, 1.165) is 16.9 Å². The van der Waals surface area contributed by atoms with Crippen LogP contribution < -0.4 is 15.4 Å². The Bertz CT molecular complexity index is 1040. The van der Waals surface area contributed by atoms with Gasteiger partial charge in [0.05, 0.1) is 31.6 Å². The molecule has 3 N–H and O–H groups in total. The first kappa shape index (κ1) is 30.7. The van der Waals surface area contributed by atoms with Crippen molar-refractivity contribution < 1.29 is 27.8 Å². The fourth-order valence-electron chi connectivity index (χ4n) is 3.90. The van der Waals surface area contributed by atoms with Gasteiger partial charge in [-0.15, -0.1) is 0 Å². The molecule has 0 aliphatic heterocycles. The lowest BCUT2D eigenvalue weighted by molar-refractivity contribution is -0.122. The van der Waals surface area contributed by atoms with E-state index in [2.05, 4.69) is 10.6 Å². The van der Waals surface area contributed by atoms with E-state index in [1.807, 2.05) is 61.5 Å². The highest BCUT2D eigenvalue weighted by Crippen LogP contribution is 2.13. The van der Waals surface area contributed by atoms with Crippen molar-refractivity contribution in [2.75, 3.05) is 46.2 Å². The average Bonchev–Trinajstić information content (AvgIpc) is 2.90. The van der Waals surface area contributed by atoms with Crippen LogP contribution in [0.5, 0.6) is 5.75 Å². The SMILES string of the molecule is CCCN(CCOC)S(=O)(=O)CCC(=O)N[C@@H](Cc1ccccc1)[C@H](O)CNCc1cccc(OC)c1. The van der Waals surface area contributed by atoms with Crippen molar-refractivity contribution in [3.05, 3.63) is 65.7 Å². The maximum Gasteiger partial charge on any atom is 0.221 e. The fraction of sp³-hybridized carbons (Fsp3) is 0.519. The molecule has 0 saturated carbocycles. The fourth-order valence-corrected chi connectivity index (χ4v) is 5.42. The Morgan fingerprint density at radius 3 is 2.46 bits per heavy atom. The number of hydrogen-bond donors (Lipinski definition) is 3. The van der Waals surface area contributed by atoms with Crippen molar-refractivity contribution >= 4 is 15.9 Å². The monoisotopic (exact) mass is 535 g/mol. The zero-order valence-corrected chi connectivity index (χ0v) is 22.9. The average molecular weight is 536 g/mol. The quantitative estimate of drug-likeness (QED) is 0.267. The van der Waals surface area contributed by atoms with Crippen molar-refractivity contribution in [2.24, 2.45) is 0 Å². The van der Waals surface area contributed by atoms with Crippen molar-refractivity contribution in [1.82, 2.24) is 14.9 Å². The number of ether oxygens (including phenoxy) is 2. The van der Waals surface area contributed by atoms with Crippen LogP contribution in [0.3, 0.4) is 0 Å². The highest BCUT2D eigenvalue weighted by molar-refractivity contribution is 7.89. The summed E-state index contributed by atoms with van der Waals surface area (Å²) in [4.78, 5) is 12.8. The smallest absolute Gasteiger partial charge is 0.221 e. The van der Waals surface area contributed by atoms with Crippen LogP contribution in [0.4, 0.5) is 0 Å². The number of rotatable bonds is 18. The van der Waals surface area contributed by atoms with Gasteiger partial charge in [0.2, 0.25) is 15.9 Å². The molecule has 2 aromatic rings. The number of nitrogens with one attached hydrogen (secondary N) is 2. The van der Waals surface area contributed by atoms with Gasteiger partial charge in [-0.1, -0.05) is 49.4 Å². The van der Waals surface area contributed by atoms with Crippen LogP contribution in [0.2, 0.25) is 0 Å². The molecule has 2 aromatic carbocycles. The molecule has 9 nitrogen and oxygen atoms in total. The lowest BCUT2D eigenvalue weighted by Crippen LogP contribution is -2.49. The molecule has 206 valence electrons. The van der Waals surface area contributed by atoms with E-state index >= 15 is 0 Å². The summed E-state index contributed by atoms with van der Waals surface area (Å²) in [7, 11) is -0.478. The first-order valence-corrected chi connectivity index (χ1v) is 14.2. The predicted octanol–water partition coefficient (Wildman–Crippen LogP) is 1.95. The molecule has 0 aliphatic carbocycles. The van der Waals surface area contributed by atoms with E-state index in [1.165, 1.54) is 11.4 Å². The number of benzene rings is 2. The molecule has 2 rings (SSSR count).